The topological polar surface area (TPSA) is 35.5 Å². The van der Waals surface area contributed by atoms with Crippen LogP contribution in [0.3, 0.4) is 0 Å². The van der Waals surface area contributed by atoms with Crippen molar-refractivity contribution in [3.63, 3.8) is 0 Å². The molecule has 0 aromatic heterocycles. The maximum absolute atomic E-state index is 11.7. The van der Waals surface area contributed by atoms with E-state index in [1.54, 1.807) is 7.11 Å². The molecule has 0 radical (unpaired) electrons. The Balaban J connectivity index is 1.97. The molecule has 0 bridgehead atoms. The van der Waals surface area contributed by atoms with Crippen molar-refractivity contribution in [2.24, 2.45) is 0 Å². The van der Waals surface area contributed by atoms with E-state index in [1.165, 1.54) is 29.4 Å². The molecule has 2 aromatic rings. The van der Waals surface area contributed by atoms with Crippen LogP contribution in [0.1, 0.15) is 29.5 Å². The lowest BCUT2D eigenvalue weighted by Crippen LogP contribution is -2.10. The molecule has 0 unspecified atom stereocenters. The van der Waals surface area contributed by atoms with Gasteiger partial charge in [0, 0.05) is 0 Å². The molecule has 0 aliphatic heterocycles. The SMILES string of the molecule is COC(=O)[C@@H](C)c1ccc2c(c1)Cc1cc(OC)ccc1-2. The Kier molecular flexibility index (Phi) is 3.42. The first-order valence-corrected chi connectivity index (χ1v) is 7.02. The summed E-state index contributed by atoms with van der Waals surface area (Å²) < 4.78 is 10.1. The second kappa shape index (κ2) is 5.24. The molecule has 3 nitrogen and oxygen atoms in total. The second-order valence-corrected chi connectivity index (χ2v) is 5.36. The van der Waals surface area contributed by atoms with Crippen LogP contribution in [0.25, 0.3) is 11.1 Å². The summed E-state index contributed by atoms with van der Waals surface area (Å²) in [6, 6.07) is 12.4. The van der Waals surface area contributed by atoms with Gasteiger partial charge < -0.3 is 9.47 Å². The van der Waals surface area contributed by atoms with Gasteiger partial charge in [-0.3, -0.25) is 4.79 Å². The third-order valence-electron chi connectivity index (χ3n) is 4.17. The molecule has 0 saturated heterocycles. The number of benzene rings is 2. The Morgan fingerprint density at radius 3 is 2.38 bits per heavy atom. The predicted molar refractivity (Wildman–Crippen MR) is 81.7 cm³/mol. The van der Waals surface area contributed by atoms with Gasteiger partial charge >= 0.3 is 5.97 Å². The van der Waals surface area contributed by atoms with Gasteiger partial charge in [0.25, 0.3) is 0 Å². The maximum atomic E-state index is 11.7. The Morgan fingerprint density at radius 1 is 1.05 bits per heavy atom. The van der Waals surface area contributed by atoms with E-state index < -0.39 is 0 Å². The molecule has 0 spiro atoms. The highest BCUT2D eigenvalue weighted by Crippen LogP contribution is 2.39. The van der Waals surface area contributed by atoms with Gasteiger partial charge in [-0.25, -0.2) is 0 Å². The molecule has 0 amide bonds. The smallest absolute Gasteiger partial charge is 0.312 e. The van der Waals surface area contributed by atoms with Gasteiger partial charge in [0.15, 0.2) is 0 Å². The first-order chi connectivity index (χ1) is 10.1. The highest BCUT2D eigenvalue weighted by atomic mass is 16.5. The number of fused-ring (bicyclic) bond motifs is 3. The zero-order valence-electron chi connectivity index (χ0n) is 12.5. The number of carbonyl (C=O) groups excluding carboxylic acids is 1. The maximum Gasteiger partial charge on any atom is 0.312 e. The largest absolute Gasteiger partial charge is 0.497 e. The van der Waals surface area contributed by atoms with Gasteiger partial charge in [0.2, 0.25) is 0 Å². The van der Waals surface area contributed by atoms with Crippen LogP contribution in [0.5, 0.6) is 5.75 Å². The summed E-state index contributed by atoms with van der Waals surface area (Å²) in [5.41, 5.74) is 6.02. The number of rotatable bonds is 3. The molecular weight excluding hydrogens is 264 g/mol. The molecular formula is C18H18O3. The minimum atomic E-state index is -0.237. The number of ether oxygens (including phenoxy) is 2. The first-order valence-electron chi connectivity index (χ1n) is 7.02. The predicted octanol–water partition coefficient (Wildman–Crippen LogP) is 3.54. The van der Waals surface area contributed by atoms with E-state index in [0.717, 1.165) is 17.7 Å². The van der Waals surface area contributed by atoms with Crippen molar-refractivity contribution in [3.05, 3.63) is 53.1 Å². The molecule has 0 N–H and O–H groups in total. The summed E-state index contributed by atoms with van der Waals surface area (Å²) in [7, 11) is 3.11. The Hall–Kier alpha value is -2.29. The van der Waals surface area contributed by atoms with Gasteiger partial charge in [0.1, 0.15) is 5.75 Å². The molecule has 0 saturated carbocycles. The zero-order chi connectivity index (χ0) is 15.0. The van der Waals surface area contributed by atoms with E-state index in [1.807, 2.05) is 19.1 Å². The Labute approximate surface area is 124 Å². The fraction of sp³-hybridized carbons (Fsp3) is 0.278. The molecule has 3 heteroatoms. The summed E-state index contributed by atoms with van der Waals surface area (Å²) in [6.45, 7) is 1.87. The number of methoxy groups -OCH3 is 2. The van der Waals surface area contributed by atoms with Crippen LogP contribution < -0.4 is 4.74 Å². The van der Waals surface area contributed by atoms with E-state index in [4.69, 9.17) is 9.47 Å². The van der Waals surface area contributed by atoms with Crippen molar-refractivity contribution in [2.45, 2.75) is 19.3 Å². The van der Waals surface area contributed by atoms with E-state index in [9.17, 15) is 4.79 Å². The van der Waals surface area contributed by atoms with Crippen molar-refractivity contribution in [1.29, 1.82) is 0 Å². The number of hydrogen-bond acceptors (Lipinski definition) is 3. The molecule has 21 heavy (non-hydrogen) atoms. The summed E-state index contributed by atoms with van der Waals surface area (Å²) in [4.78, 5) is 11.7. The molecule has 1 aliphatic rings. The van der Waals surface area contributed by atoms with Crippen molar-refractivity contribution in [1.82, 2.24) is 0 Å². The van der Waals surface area contributed by atoms with Gasteiger partial charge in [-0.2, -0.15) is 0 Å². The van der Waals surface area contributed by atoms with Gasteiger partial charge in [0.05, 0.1) is 20.1 Å². The molecule has 1 aliphatic carbocycles. The van der Waals surface area contributed by atoms with E-state index in [-0.39, 0.29) is 11.9 Å². The van der Waals surface area contributed by atoms with Crippen LogP contribution in [0.4, 0.5) is 0 Å². The first kappa shape index (κ1) is 13.7. The average molecular weight is 282 g/mol. The van der Waals surface area contributed by atoms with Crippen LogP contribution in [-0.4, -0.2) is 20.2 Å². The number of esters is 1. The van der Waals surface area contributed by atoms with Crippen LogP contribution in [0, 0.1) is 0 Å². The van der Waals surface area contributed by atoms with E-state index in [0.29, 0.717) is 0 Å². The normalized spacial score (nSPS) is 13.3. The summed E-state index contributed by atoms with van der Waals surface area (Å²) in [5, 5.41) is 0. The molecule has 0 fully saturated rings. The van der Waals surface area contributed by atoms with Crippen molar-refractivity contribution < 1.29 is 14.3 Å². The van der Waals surface area contributed by atoms with Crippen molar-refractivity contribution >= 4 is 5.97 Å². The Morgan fingerprint density at radius 2 is 1.71 bits per heavy atom. The van der Waals surface area contributed by atoms with Crippen LogP contribution >= 0.6 is 0 Å². The van der Waals surface area contributed by atoms with Crippen molar-refractivity contribution in [2.75, 3.05) is 14.2 Å². The van der Waals surface area contributed by atoms with Crippen LogP contribution in [0.2, 0.25) is 0 Å². The quantitative estimate of drug-likeness (QED) is 0.689. The fourth-order valence-electron chi connectivity index (χ4n) is 2.92. The molecule has 2 aromatic carbocycles. The molecule has 1 atom stereocenters. The summed E-state index contributed by atoms with van der Waals surface area (Å²) in [6.07, 6.45) is 0.879. The highest BCUT2D eigenvalue weighted by Gasteiger charge is 2.22. The third-order valence-corrected chi connectivity index (χ3v) is 4.17. The minimum Gasteiger partial charge on any atom is -0.497 e. The summed E-state index contributed by atoms with van der Waals surface area (Å²) in [5.74, 6) is 0.440. The lowest BCUT2D eigenvalue weighted by atomic mass is 9.96. The standard InChI is InChI=1S/C18H18O3/c1-11(18(19)21-3)12-4-6-16-13(8-12)9-14-10-15(20-2)5-7-17(14)16/h4-8,10-11H,9H2,1-3H3/t11-/m0/s1. The molecule has 3 rings (SSSR count). The Bertz CT molecular complexity index is 704. The number of hydrogen-bond donors (Lipinski definition) is 0. The number of carbonyl (C=O) groups is 1. The highest BCUT2D eigenvalue weighted by molar-refractivity contribution is 5.81. The molecule has 108 valence electrons. The van der Waals surface area contributed by atoms with Gasteiger partial charge in [-0.15, -0.1) is 0 Å². The van der Waals surface area contributed by atoms with Gasteiger partial charge in [-0.1, -0.05) is 24.3 Å². The molecule has 0 heterocycles. The van der Waals surface area contributed by atoms with Crippen LogP contribution in [0.15, 0.2) is 36.4 Å². The lowest BCUT2D eigenvalue weighted by Gasteiger charge is -2.11. The monoisotopic (exact) mass is 282 g/mol. The van der Waals surface area contributed by atoms with Crippen molar-refractivity contribution in [3.8, 4) is 16.9 Å². The second-order valence-electron chi connectivity index (χ2n) is 5.36. The zero-order valence-corrected chi connectivity index (χ0v) is 12.5. The third kappa shape index (κ3) is 2.29. The minimum absolute atomic E-state index is 0.202. The van der Waals surface area contributed by atoms with E-state index >= 15 is 0 Å². The van der Waals surface area contributed by atoms with E-state index in [2.05, 4.69) is 24.3 Å². The summed E-state index contributed by atoms with van der Waals surface area (Å²) >= 11 is 0. The van der Waals surface area contributed by atoms with Crippen LogP contribution in [-0.2, 0) is 16.0 Å². The van der Waals surface area contributed by atoms with Gasteiger partial charge in [-0.05, 0) is 53.3 Å². The lowest BCUT2D eigenvalue weighted by molar-refractivity contribution is -0.141. The average Bonchev–Trinajstić information content (AvgIpc) is 2.89. The fourth-order valence-corrected chi connectivity index (χ4v) is 2.92.